The van der Waals surface area contributed by atoms with E-state index >= 15 is 0 Å². The van der Waals surface area contributed by atoms with Crippen LogP contribution in [0.5, 0.6) is 0 Å². The van der Waals surface area contributed by atoms with E-state index in [-0.39, 0.29) is 54.5 Å². The first-order chi connectivity index (χ1) is 27.1. The number of methoxy groups -OCH3 is 2. The molecule has 0 saturated carbocycles. The van der Waals surface area contributed by atoms with Gasteiger partial charge in [-0.2, -0.15) is 0 Å². The molecule has 0 bridgehead atoms. The summed E-state index contributed by atoms with van der Waals surface area (Å²) in [5.41, 5.74) is 0.730. The molecule has 5 amide bonds. The number of ether oxygens (including phenoxy) is 3. The Morgan fingerprint density at radius 1 is 0.930 bits per heavy atom. The number of aliphatic hydroxyl groups excluding tert-OH is 1. The maximum absolute atomic E-state index is 14.2. The van der Waals surface area contributed by atoms with E-state index in [0.29, 0.717) is 38.9 Å². The first-order valence-electron chi connectivity index (χ1n) is 20.6. The number of nitrogens with zero attached hydrogens (tertiary/aromatic N) is 3. The van der Waals surface area contributed by atoms with Crippen LogP contribution in [0.4, 0.5) is 4.79 Å². The number of amides is 5. The largest absolute Gasteiger partial charge is 0.439 e. The van der Waals surface area contributed by atoms with Crippen molar-refractivity contribution in [3.63, 3.8) is 0 Å². The molecule has 2 heterocycles. The van der Waals surface area contributed by atoms with Gasteiger partial charge in [-0.3, -0.25) is 19.2 Å². The minimum atomic E-state index is -0.775. The van der Waals surface area contributed by atoms with E-state index in [9.17, 15) is 29.1 Å². The molecule has 57 heavy (non-hydrogen) atoms. The lowest BCUT2D eigenvalue weighted by molar-refractivity contribution is -0.146. The van der Waals surface area contributed by atoms with Crippen LogP contribution in [-0.4, -0.2) is 147 Å². The summed E-state index contributed by atoms with van der Waals surface area (Å²) < 4.78 is 17.9. The molecule has 3 rings (SSSR count). The smallest absolute Gasteiger partial charge is 0.410 e. The first-order valence-corrected chi connectivity index (χ1v) is 20.6. The number of benzene rings is 1. The molecule has 322 valence electrons. The third-order valence-electron chi connectivity index (χ3n) is 11.9. The van der Waals surface area contributed by atoms with Crippen molar-refractivity contribution in [3.8, 4) is 0 Å². The average molecular weight is 803 g/mol. The summed E-state index contributed by atoms with van der Waals surface area (Å²) in [4.78, 5) is 72.5. The first kappa shape index (κ1) is 47.6. The van der Waals surface area contributed by atoms with Gasteiger partial charge in [-0.25, -0.2) is 4.79 Å². The van der Waals surface area contributed by atoms with E-state index in [4.69, 9.17) is 14.2 Å². The Kier molecular flexibility index (Phi) is 19.2. The highest BCUT2D eigenvalue weighted by molar-refractivity contribution is 5.87. The van der Waals surface area contributed by atoms with Crippen LogP contribution >= 0.6 is 0 Å². The van der Waals surface area contributed by atoms with Crippen molar-refractivity contribution in [2.75, 3.05) is 54.5 Å². The van der Waals surface area contributed by atoms with Crippen LogP contribution in [0.15, 0.2) is 30.3 Å². The van der Waals surface area contributed by atoms with Gasteiger partial charge >= 0.3 is 6.09 Å². The van der Waals surface area contributed by atoms with Gasteiger partial charge in [0.2, 0.25) is 23.6 Å². The molecule has 15 nitrogen and oxygen atoms in total. The Morgan fingerprint density at radius 3 is 2.14 bits per heavy atom. The summed E-state index contributed by atoms with van der Waals surface area (Å²) in [6.45, 7) is 12.5. The molecule has 0 aromatic heterocycles. The minimum Gasteiger partial charge on any atom is -0.439 e. The van der Waals surface area contributed by atoms with Crippen molar-refractivity contribution >= 4 is 29.7 Å². The predicted molar refractivity (Wildman–Crippen MR) is 217 cm³/mol. The van der Waals surface area contributed by atoms with Crippen molar-refractivity contribution < 1.29 is 43.3 Å². The molecule has 4 N–H and O–H groups in total. The van der Waals surface area contributed by atoms with Gasteiger partial charge in [-0.15, -0.1) is 0 Å². The molecule has 9 unspecified atom stereocenters. The second kappa shape index (κ2) is 23.0. The zero-order valence-electron chi connectivity index (χ0n) is 35.9. The second-order valence-corrected chi connectivity index (χ2v) is 16.1. The van der Waals surface area contributed by atoms with Gasteiger partial charge in [0.15, 0.2) is 0 Å². The molecule has 2 aliphatic rings. The van der Waals surface area contributed by atoms with Crippen LogP contribution in [0.3, 0.4) is 0 Å². The van der Waals surface area contributed by atoms with E-state index in [1.165, 1.54) is 7.11 Å². The number of hydrogen-bond donors (Lipinski definition) is 4. The molecule has 2 fully saturated rings. The second-order valence-electron chi connectivity index (χ2n) is 16.1. The molecule has 9 atom stereocenters. The SMILES string of the molecule is CCC(C)C(C(CC(=O)N1CCCC1C(OC)C(C)C(=O)NC(C)C(OC(=O)N1CCC(O)CC1)c1ccccc1)OC)N(C)C(=O)CNC(=O)C(NC)C(C)C. The summed E-state index contributed by atoms with van der Waals surface area (Å²) in [6.07, 6.45) is 0.0894. The Hall–Kier alpha value is -3.79. The normalized spacial score (nSPS) is 20.5. The van der Waals surface area contributed by atoms with E-state index in [1.807, 2.05) is 58.0 Å². The van der Waals surface area contributed by atoms with Crippen LogP contribution in [-0.2, 0) is 33.4 Å². The quantitative estimate of drug-likeness (QED) is 0.153. The van der Waals surface area contributed by atoms with Crippen molar-refractivity contribution in [1.82, 2.24) is 30.7 Å². The standard InChI is InChI=1S/C42H70N6O9/c1-11-27(4)37(46(8)35(51)25-44-41(53)36(43-7)26(2)3)33(55-9)24-34(50)48-21-15-18-32(48)38(56-10)28(5)40(52)45-29(6)39(30-16-13-12-14-17-30)57-42(54)47-22-19-31(49)20-23-47/h12-14,16-17,26-29,31-33,36-39,43,49H,11,15,18-25H2,1-10H3,(H,44,53)(H,45,52). The average Bonchev–Trinajstić information content (AvgIpc) is 3.69. The van der Waals surface area contributed by atoms with Crippen molar-refractivity contribution in [2.24, 2.45) is 17.8 Å². The fraction of sp³-hybridized carbons (Fsp3) is 0.738. The maximum Gasteiger partial charge on any atom is 0.410 e. The van der Waals surface area contributed by atoms with E-state index in [1.54, 1.807) is 49.8 Å². The fourth-order valence-electron chi connectivity index (χ4n) is 8.25. The molecule has 0 radical (unpaired) electrons. The molecule has 0 aliphatic carbocycles. The van der Waals surface area contributed by atoms with Gasteiger partial charge in [0.1, 0.15) is 6.10 Å². The molecule has 2 saturated heterocycles. The van der Waals surface area contributed by atoms with Crippen LogP contribution < -0.4 is 16.0 Å². The van der Waals surface area contributed by atoms with Gasteiger partial charge in [-0.05, 0) is 57.1 Å². The lowest BCUT2D eigenvalue weighted by Gasteiger charge is -2.39. The molecule has 2 aliphatic heterocycles. The number of piperidine rings is 1. The van der Waals surface area contributed by atoms with Gasteiger partial charge in [0.25, 0.3) is 0 Å². The van der Waals surface area contributed by atoms with E-state index < -0.39 is 54.6 Å². The van der Waals surface area contributed by atoms with Crippen LogP contribution in [0.2, 0.25) is 0 Å². The number of likely N-dealkylation sites (N-methyl/N-ethyl adjacent to an activating group) is 2. The van der Waals surface area contributed by atoms with Crippen molar-refractivity contribution in [2.45, 2.75) is 129 Å². The lowest BCUT2D eigenvalue weighted by atomic mass is 9.90. The van der Waals surface area contributed by atoms with Crippen LogP contribution in [0.25, 0.3) is 0 Å². The Bertz CT molecular complexity index is 1440. The Labute approximate surface area is 339 Å². The summed E-state index contributed by atoms with van der Waals surface area (Å²) in [7, 11) is 6.47. The Morgan fingerprint density at radius 2 is 1.58 bits per heavy atom. The Balaban J connectivity index is 1.71. The van der Waals surface area contributed by atoms with E-state index in [2.05, 4.69) is 16.0 Å². The lowest BCUT2D eigenvalue weighted by Crippen LogP contribution is -2.55. The molecular weight excluding hydrogens is 732 g/mol. The van der Waals surface area contributed by atoms with E-state index in [0.717, 1.165) is 18.4 Å². The number of nitrogens with one attached hydrogen (secondary N) is 3. The summed E-state index contributed by atoms with van der Waals surface area (Å²) >= 11 is 0. The minimum absolute atomic E-state index is 0.00924. The highest BCUT2D eigenvalue weighted by Gasteiger charge is 2.42. The summed E-state index contributed by atoms with van der Waals surface area (Å²) in [5, 5.41) is 18.7. The zero-order valence-corrected chi connectivity index (χ0v) is 35.9. The molecule has 1 aromatic carbocycles. The third kappa shape index (κ3) is 12.8. The monoisotopic (exact) mass is 803 g/mol. The predicted octanol–water partition coefficient (Wildman–Crippen LogP) is 3.11. The van der Waals surface area contributed by atoms with Crippen LogP contribution in [0.1, 0.15) is 91.7 Å². The highest BCUT2D eigenvalue weighted by atomic mass is 16.6. The molecular formula is C42H70N6O9. The van der Waals surface area contributed by atoms with Gasteiger partial charge < -0.3 is 50.0 Å². The summed E-state index contributed by atoms with van der Waals surface area (Å²) in [5.74, 6) is -1.66. The fourth-order valence-corrected chi connectivity index (χ4v) is 8.25. The maximum atomic E-state index is 14.2. The number of aliphatic hydroxyl groups is 1. The van der Waals surface area contributed by atoms with Crippen molar-refractivity contribution in [3.05, 3.63) is 35.9 Å². The van der Waals surface area contributed by atoms with Crippen LogP contribution in [0, 0.1) is 17.8 Å². The van der Waals surface area contributed by atoms with Gasteiger partial charge in [0.05, 0.1) is 61.4 Å². The highest BCUT2D eigenvalue weighted by Crippen LogP contribution is 2.30. The van der Waals surface area contributed by atoms with Gasteiger partial charge in [0, 0.05) is 40.9 Å². The van der Waals surface area contributed by atoms with Gasteiger partial charge in [-0.1, -0.05) is 71.4 Å². The topological polar surface area (TPSA) is 179 Å². The molecule has 1 aromatic rings. The third-order valence-corrected chi connectivity index (χ3v) is 11.9. The number of rotatable bonds is 20. The number of carbonyl (C=O) groups is 5. The molecule has 0 spiro atoms. The summed E-state index contributed by atoms with van der Waals surface area (Å²) in [6, 6.07) is 7.39. The van der Waals surface area contributed by atoms with Crippen molar-refractivity contribution in [1.29, 1.82) is 0 Å². The number of likely N-dealkylation sites (tertiary alicyclic amines) is 2. The molecule has 15 heteroatoms. The number of hydrogen-bond acceptors (Lipinski definition) is 10. The number of carbonyl (C=O) groups excluding carboxylic acids is 5. The zero-order chi connectivity index (χ0) is 42.4.